The molecule has 0 N–H and O–H groups in total. The fourth-order valence-corrected chi connectivity index (χ4v) is 4.18. The molecular formula is C27H25FN4O. The molecule has 5 nitrogen and oxygen atoms in total. The average Bonchev–Trinajstić information content (AvgIpc) is 3.32. The number of para-hydroxylation sites is 1. The van der Waals surface area contributed by atoms with Gasteiger partial charge in [-0.3, -0.25) is 9.69 Å². The van der Waals surface area contributed by atoms with Gasteiger partial charge in [0, 0.05) is 44.5 Å². The molecule has 0 saturated carbocycles. The van der Waals surface area contributed by atoms with Gasteiger partial charge in [0.1, 0.15) is 11.5 Å². The molecule has 5 rings (SSSR count). The maximum atomic E-state index is 13.6. The number of benzene rings is 3. The number of amides is 1. The first kappa shape index (κ1) is 21.1. The van der Waals surface area contributed by atoms with Crippen molar-refractivity contribution < 1.29 is 9.18 Å². The molecule has 1 aromatic heterocycles. The third kappa shape index (κ3) is 4.71. The van der Waals surface area contributed by atoms with Gasteiger partial charge in [-0.15, -0.1) is 0 Å². The Morgan fingerprint density at radius 3 is 2.12 bits per heavy atom. The number of piperazine rings is 1. The van der Waals surface area contributed by atoms with E-state index in [1.807, 2.05) is 83.9 Å². The van der Waals surface area contributed by atoms with Crippen LogP contribution in [0.15, 0.2) is 91.1 Å². The Balaban J connectivity index is 1.35. The number of hydrogen-bond acceptors (Lipinski definition) is 3. The van der Waals surface area contributed by atoms with Crippen LogP contribution in [0.4, 0.5) is 4.39 Å². The molecule has 2 heterocycles. The standard InChI is InChI=1S/C27H25FN4O/c28-23-13-11-21(12-14-23)19-30-15-17-31(18-16-30)27(33)25-20-32(24-9-5-2-6-10-24)29-26(25)22-7-3-1-4-8-22/h1-14,20H,15-19H2. The molecule has 0 aliphatic carbocycles. The second-order valence-corrected chi connectivity index (χ2v) is 8.23. The minimum atomic E-state index is -0.223. The predicted molar refractivity (Wildman–Crippen MR) is 127 cm³/mol. The van der Waals surface area contributed by atoms with E-state index in [0.29, 0.717) is 24.3 Å². The summed E-state index contributed by atoms with van der Waals surface area (Å²) in [6.45, 7) is 3.59. The Morgan fingerprint density at radius 2 is 1.45 bits per heavy atom. The zero-order valence-corrected chi connectivity index (χ0v) is 18.3. The highest BCUT2D eigenvalue weighted by atomic mass is 19.1. The van der Waals surface area contributed by atoms with Crippen molar-refractivity contribution in [1.29, 1.82) is 0 Å². The van der Waals surface area contributed by atoms with Crippen molar-refractivity contribution in [1.82, 2.24) is 19.6 Å². The van der Waals surface area contributed by atoms with E-state index < -0.39 is 0 Å². The molecule has 1 aliphatic rings. The lowest BCUT2D eigenvalue weighted by Gasteiger charge is -2.34. The van der Waals surface area contributed by atoms with Gasteiger partial charge in [-0.1, -0.05) is 60.7 Å². The Kier molecular flexibility index (Phi) is 6.00. The second-order valence-electron chi connectivity index (χ2n) is 8.23. The van der Waals surface area contributed by atoms with Crippen molar-refractivity contribution in [3.05, 3.63) is 108 Å². The maximum absolute atomic E-state index is 13.6. The van der Waals surface area contributed by atoms with Gasteiger partial charge >= 0.3 is 0 Å². The zero-order valence-electron chi connectivity index (χ0n) is 18.3. The van der Waals surface area contributed by atoms with Crippen LogP contribution < -0.4 is 0 Å². The van der Waals surface area contributed by atoms with Gasteiger partial charge in [0.25, 0.3) is 5.91 Å². The summed E-state index contributed by atoms with van der Waals surface area (Å²) in [6, 6.07) is 26.3. The van der Waals surface area contributed by atoms with Crippen molar-refractivity contribution in [2.45, 2.75) is 6.54 Å². The van der Waals surface area contributed by atoms with E-state index >= 15 is 0 Å². The Labute approximate surface area is 192 Å². The van der Waals surface area contributed by atoms with E-state index in [-0.39, 0.29) is 11.7 Å². The van der Waals surface area contributed by atoms with Crippen LogP contribution in [0.1, 0.15) is 15.9 Å². The number of rotatable bonds is 5. The Morgan fingerprint density at radius 1 is 0.818 bits per heavy atom. The normalized spacial score (nSPS) is 14.4. The molecule has 4 aromatic rings. The van der Waals surface area contributed by atoms with E-state index in [1.54, 1.807) is 4.68 Å². The molecule has 33 heavy (non-hydrogen) atoms. The van der Waals surface area contributed by atoms with E-state index in [2.05, 4.69) is 4.90 Å². The van der Waals surface area contributed by atoms with Crippen LogP contribution in [0.3, 0.4) is 0 Å². The molecular weight excluding hydrogens is 415 g/mol. The van der Waals surface area contributed by atoms with Gasteiger partial charge in [-0.05, 0) is 29.8 Å². The van der Waals surface area contributed by atoms with Crippen LogP contribution in [0.25, 0.3) is 16.9 Å². The molecule has 3 aromatic carbocycles. The van der Waals surface area contributed by atoms with E-state index in [4.69, 9.17) is 5.10 Å². The lowest BCUT2D eigenvalue weighted by atomic mass is 10.1. The molecule has 0 unspecified atom stereocenters. The fourth-order valence-electron chi connectivity index (χ4n) is 4.18. The summed E-state index contributed by atoms with van der Waals surface area (Å²) in [7, 11) is 0. The third-order valence-electron chi connectivity index (χ3n) is 5.99. The highest BCUT2D eigenvalue weighted by Gasteiger charge is 2.26. The van der Waals surface area contributed by atoms with Crippen LogP contribution in [0, 0.1) is 5.82 Å². The molecule has 0 atom stereocenters. The molecule has 1 aliphatic heterocycles. The maximum Gasteiger partial charge on any atom is 0.257 e. The van der Waals surface area contributed by atoms with Crippen LogP contribution in [-0.4, -0.2) is 51.7 Å². The van der Waals surface area contributed by atoms with Crippen LogP contribution >= 0.6 is 0 Å². The summed E-state index contributed by atoms with van der Waals surface area (Å²) in [5.41, 5.74) is 4.21. The summed E-state index contributed by atoms with van der Waals surface area (Å²) in [5, 5.41) is 4.77. The van der Waals surface area contributed by atoms with E-state index in [0.717, 1.165) is 36.4 Å². The summed E-state index contributed by atoms with van der Waals surface area (Å²) in [6.07, 6.45) is 1.84. The summed E-state index contributed by atoms with van der Waals surface area (Å²) in [4.78, 5) is 17.8. The summed E-state index contributed by atoms with van der Waals surface area (Å²) in [5.74, 6) is -0.225. The SMILES string of the molecule is O=C(c1cn(-c2ccccc2)nc1-c1ccccc1)N1CCN(Cc2ccc(F)cc2)CC1. The summed E-state index contributed by atoms with van der Waals surface area (Å²) >= 11 is 0. The first-order valence-corrected chi connectivity index (χ1v) is 11.1. The van der Waals surface area contributed by atoms with Crippen molar-refractivity contribution in [2.75, 3.05) is 26.2 Å². The average molecular weight is 441 g/mol. The lowest BCUT2D eigenvalue weighted by molar-refractivity contribution is 0.0629. The van der Waals surface area contributed by atoms with Gasteiger partial charge in [0.15, 0.2) is 0 Å². The summed E-state index contributed by atoms with van der Waals surface area (Å²) < 4.78 is 14.9. The van der Waals surface area contributed by atoms with Crippen molar-refractivity contribution >= 4 is 5.91 Å². The first-order valence-electron chi connectivity index (χ1n) is 11.1. The van der Waals surface area contributed by atoms with Crippen molar-refractivity contribution in [3.63, 3.8) is 0 Å². The van der Waals surface area contributed by atoms with E-state index in [1.165, 1.54) is 12.1 Å². The third-order valence-corrected chi connectivity index (χ3v) is 5.99. The van der Waals surface area contributed by atoms with Gasteiger partial charge in [-0.25, -0.2) is 9.07 Å². The zero-order chi connectivity index (χ0) is 22.6. The first-order chi connectivity index (χ1) is 16.2. The number of carbonyl (C=O) groups excluding carboxylic acids is 1. The molecule has 0 spiro atoms. The highest BCUT2D eigenvalue weighted by molar-refractivity contribution is 6.00. The predicted octanol–water partition coefficient (Wildman–Crippen LogP) is 4.64. The van der Waals surface area contributed by atoms with E-state index in [9.17, 15) is 9.18 Å². The molecule has 1 saturated heterocycles. The van der Waals surface area contributed by atoms with Gasteiger partial charge in [0.05, 0.1) is 11.3 Å². The van der Waals surface area contributed by atoms with Gasteiger partial charge in [0.2, 0.25) is 0 Å². The minimum Gasteiger partial charge on any atom is -0.336 e. The monoisotopic (exact) mass is 440 g/mol. The fraction of sp³-hybridized carbons (Fsp3) is 0.185. The van der Waals surface area contributed by atoms with Crippen molar-refractivity contribution in [2.24, 2.45) is 0 Å². The quantitative estimate of drug-likeness (QED) is 0.454. The second kappa shape index (κ2) is 9.38. The smallest absolute Gasteiger partial charge is 0.257 e. The van der Waals surface area contributed by atoms with Crippen LogP contribution in [0.2, 0.25) is 0 Å². The Bertz CT molecular complexity index is 1210. The molecule has 1 amide bonds. The lowest BCUT2D eigenvalue weighted by Crippen LogP contribution is -2.48. The minimum absolute atomic E-state index is 0.00235. The molecule has 0 radical (unpaired) electrons. The van der Waals surface area contributed by atoms with Gasteiger partial charge in [-0.2, -0.15) is 5.10 Å². The molecule has 0 bridgehead atoms. The topological polar surface area (TPSA) is 41.4 Å². The van der Waals surface area contributed by atoms with Crippen molar-refractivity contribution in [3.8, 4) is 16.9 Å². The number of aromatic nitrogens is 2. The van der Waals surface area contributed by atoms with Crippen LogP contribution in [0.5, 0.6) is 0 Å². The van der Waals surface area contributed by atoms with Gasteiger partial charge < -0.3 is 4.90 Å². The number of halogens is 1. The highest BCUT2D eigenvalue weighted by Crippen LogP contribution is 2.25. The Hall–Kier alpha value is -3.77. The molecule has 166 valence electrons. The molecule has 6 heteroatoms. The number of nitrogens with zero attached hydrogens (tertiary/aromatic N) is 4. The van der Waals surface area contributed by atoms with Crippen LogP contribution in [-0.2, 0) is 6.54 Å². The number of hydrogen-bond donors (Lipinski definition) is 0. The molecule has 1 fully saturated rings. The largest absolute Gasteiger partial charge is 0.336 e. The number of carbonyl (C=O) groups is 1.